The molecule has 1 aliphatic carbocycles. The molecule has 2 aromatic carbocycles. The van der Waals surface area contributed by atoms with E-state index >= 15 is 0 Å². The Morgan fingerprint density at radius 1 is 1.00 bits per heavy atom. The summed E-state index contributed by atoms with van der Waals surface area (Å²) in [5.74, 6) is 0.506. The number of ether oxygens (including phenoxy) is 1. The van der Waals surface area contributed by atoms with Gasteiger partial charge in [0.2, 0.25) is 5.91 Å². The molecule has 0 bridgehead atoms. The lowest BCUT2D eigenvalue weighted by Crippen LogP contribution is -2.64. The molecule has 1 N–H and O–H groups in total. The van der Waals surface area contributed by atoms with Crippen LogP contribution < -0.4 is 10.1 Å². The third-order valence-corrected chi connectivity index (χ3v) is 7.36. The van der Waals surface area contributed by atoms with Gasteiger partial charge >= 0.3 is 0 Å². The van der Waals surface area contributed by atoms with Gasteiger partial charge in [-0.05, 0) is 50.5 Å². The number of benzene rings is 2. The van der Waals surface area contributed by atoms with Gasteiger partial charge in [0.25, 0.3) is 5.91 Å². The number of amides is 2. The van der Waals surface area contributed by atoms with Gasteiger partial charge in [0.05, 0.1) is 19.7 Å². The fourth-order valence-electron chi connectivity index (χ4n) is 5.39. The third-order valence-electron chi connectivity index (χ3n) is 7.36. The number of nitrogens with zero attached hydrogens (tertiary/aromatic N) is 2. The minimum absolute atomic E-state index is 0.0926. The minimum Gasteiger partial charge on any atom is -0.494 e. The number of rotatable bonds is 7. The predicted octanol–water partition coefficient (Wildman–Crippen LogP) is 5.03. The van der Waals surface area contributed by atoms with E-state index < -0.39 is 5.54 Å². The zero-order valence-corrected chi connectivity index (χ0v) is 20.5. The number of carbonyl (C=O) groups excluding carboxylic acids is 2. The summed E-state index contributed by atoms with van der Waals surface area (Å²) in [6.07, 6.45) is 4.25. The Morgan fingerprint density at radius 2 is 1.69 bits per heavy atom. The fraction of sp³-hybridized carbons (Fsp3) is 0.379. The molecule has 6 heteroatoms. The molecule has 0 spiro atoms. The maximum Gasteiger partial charge on any atom is 0.271 e. The molecule has 2 heterocycles. The van der Waals surface area contributed by atoms with Crippen molar-refractivity contribution in [3.05, 3.63) is 78.0 Å². The second-order valence-electron chi connectivity index (χ2n) is 9.72. The van der Waals surface area contributed by atoms with Gasteiger partial charge in [0.15, 0.2) is 0 Å². The normalized spacial score (nSPS) is 20.1. The van der Waals surface area contributed by atoms with Crippen LogP contribution in [0.5, 0.6) is 5.75 Å². The van der Waals surface area contributed by atoms with Crippen LogP contribution in [-0.4, -0.2) is 39.5 Å². The topological polar surface area (TPSA) is 63.6 Å². The van der Waals surface area contributed by atoms with E-state index in [2.05, 4.69) is 5.32 Å². The first-order valence-corrected chi connectivity index (χ1v) is 12.6. The first-order valence-electron chi connectivity index (χ1n) is 12.6. The van der Waals surface area contributed by atoms with Gasteiger partial charge in [0, 0.05) is 17.3 Å². The minimum atomic E-state index is -1.05. The third kappa shape index (κ3) is 4.33. The van der Waals surface area contributed by atoms with E-state index in [1.54, 1.807) is 4.90 Å². The molecule has 6 nitrogen and oxygen atoms in total. The van der Waals surface area contributed by atoms with Crippen LogP contribution in [0.4, 0.5) is 0 Å². The van der Waals surface area contributed by atoms with Crippen molar-refractivity contribution in [3.8, 4) is 17.0 Å². The molecule has 1 aromatic heterocycles. The van der Waals surface area contributed by atoms with Crippen molar-refractivity contribution in [3.63, 3.8) is 0 Å². The lowest BCUT2D eigenvalue weighted by molar-refractivity contribution is -0.133. The molecule has 1 atom stereocenters. The number of fused-ring (bicyclic) bond motifs is 1. The molecule has 1 aliphatic heterocycles. The van der Waals surface area contributed by atoms with E-state index in [4.69, 9.17) is 4.74 Å². The van der Waals surface area contributed by atoms with Gasteiger partial charge in [0.1, 0.15) is 17.0 Å². The van der Waals surface area contributed by atoms with Crippen molar-refractivity contribution in [2.75, 3.05) is 6.61 Å². The van der Waals surface area contributed by atoms with Crippen molar-refractivity contribution in [1.29, 1.82) is 0 Å². The van der Waals surface area contributed by atoms with Crippen LogP contribution in [0, 0.1) is 0 Å². The lowest BCUT2D eigenvalue weighted by atomic mass is 9.93. The van der Waals surface area contributed by atoms with Gasteiger partial charge in [-0.1, -0.05) is 61.4 Å². The van der Waals surface area contributed by atoms with E-state index in [0.717, 1.165) is 48.3 Å². The Kier molecular flexibility index (Phi) is 6.37. The van der Waals surface area contributed by atoms with E-state index in [1.807, 2.05) is 85.1 Å². The molecule has 2 aliphatic rings. The second kappa shape index (κ2) is 9.61. The first-order chi connectivity index (χ1) is 17.0. The highest BCUT2D eigenvalue weighted by atomic mass is 16.5. The first kappa shape index (κ1) is 23.2. The monoisotopic (exact) mass is 471 g/mol. The SMILES string of the molecule is CCOc1ccccc1CN1C(=O)c2ccc(-c3ccccc3)n2C[C@@]1(C)C(=O)NC1CCCC1. The average molecular weight is 472 g/mol. The van der Waals surface area contributed by atoms with Gasteiger partial charge < -0.3 is 19.5 Å². The zero-order chi connectivity index (χ0) is 24.4. The Labute approximate surface area is 206 Å². The molecule has 0 saturated heterocycles. The van der Waals surface area contributed by atoms with Gasteiger partial charge in [-0.2, -0.15) is 0 Å². The van der Waals surface area contributed by atoms with Crippen molar-refractivity contribution in [1.82, 2.24) is 14.8 Å². The second-order valence-corrected chi connectivity index (χ2v) is 9.72. The van der Waals surface area contributed by atoms with Crippen LogP contribution in [-0.2, 0) is 17.9 Å². The van der Waals surface area contributed by atoms with E-state index in [1.165, 1.54) is 0 Å². The van der Waals surface area contributed by atoms with Crippen LogP contribution >= 0.6 is 0 Å². The average Bonchev–Trinajstić information content (AvgIpc) is 3.53. The molecule has 182 valence electrons. The number of nitrogens with one attached hydrogen (secondary N) is 1. The number of hydrogen-bond donors (Lipinski definition) is 1. The lowest BCUT2D eigenvalue weighted by Gasteiger charge is -2.45. The van der Waals surface area contributed by atoms with Gasteiger partial charge in [-0.15, -0.1) is 0 Å². The summed E-state index contributed by atoms with van der Waals surface area (Å²) in [7, 11) is 0. The fourth-order valence-corrected chi connectivity index (χ4v) is 5.39. The predicted molar refractivity (Wildman–Crippen MR) is 136 cm³/mol. The molecule has 35 heavy (non-hydrogen) atoms. The Hall–Kier alpha value is -3.54. The standard InChI is InChI=1S/C29H33N3O3/c1-3-35-26-16-10-7-13-22(26)19-32-27(33)25-18-17-24(21-11-5-4-6-12-21)31(25)20-29(32,2)28(34)30-23-14-8-9-15-23/h4-7,10-13,16-18,23H,3,8-9,14-15,19-20H2,1-2H3,(H,30,34)/t29-/m0/s1. The molecular formula is C29H33N3O3. The summed E-state index contributed by atoms with van der Waals surface area (Å²) in [5, 5.41) is 3.27. The summed E-state index contributed by atoms with van der Waals surface area (Å²) < 4.78 is 7.85. The van der Waals surface area contributed by atoms with E-state index in [-0.39, 0.29) is 17.9 Å². The number of aromatic nitrogens is 1. The summed E-state index contributed by atoms with van der Waals surface area (Å²) in [6.45, 7) is 5.07. The van der Waals surface area contributed by atoms with E-state index in [0.29, 0.717) is 25.4 Å². The Morgan fingerprint density at radius 3 is 2.43 bits per heavy atom. The van der Waals surface area contributed by atoms with Crippen LogP contribution in [0.2, 0.25) is 0 Å². The molecule has 1 saturated carbocycles. The zero-order valence-electron chi connectivity index (χ0n) is 20.5. The maximum absolute atomic E-state index is 14.0. The molecule has 0 radical (unpaired) electrons. The number of carbonyl (C=O) groups is 2. The molecule has 0 unspecified atom stereocenters. The van der Waals surface area contributed by atoms with Crippen molar-refractivity contribution >= 4 is 11.8 Å². The van der Waals surface area contributed by atoms with E-state index in [9.17, 15) is 9.59 Å². The van der Waals surface area contributed by atoms with Crippen molar-refractivity contribution in [2.45, 2.75) is 64.2 Å². The molecule has 2 amide bonds. The summed E-state index contributed by atoms with van der Waals surface area (Å²) in [6, 6.07) is 21.8. The van der Waals surface area contributed by atoms with Gasteiger partial charge in [-0.3, -0.25) is 9.59 Å². The Bertz CT molecular complexity index is 1210. The number of para-hydroxylation sites is 1. The highest BCUT2D eigenvalue weighted by Crippen LogP contribution is 2.35. The maximum atomic E-state index is 14.0. The molecule has 1 fully saturated rings. The number of hydrogen-bond acceptors (Lipinski definition) is 3. The summed E-state index contributed by atoms with van der Waals surface area (Å²) in [5.41, 5.74) is 2.42. The molecule has 5 rings (SSSR count). The van der Waals surface area contributed by atoms with Crippen LogP contribution in [0.25, 0.3) is 11.3 Å². The van der Waals surface area contributed by atoms with Crippen LogP contribution in [0.3, 0.4) is 0 Å². The highest BCUT2D eigenvalue weighted by molar-refractivity contribution is 6.00. The highest BCUT2D eigenvalue weighted by Gasteiger charge is 2.48. The summed E-state index contributed by atoms with van der Waals surface area (Å²) >= 11 is 0. The van der Waals surface area contributed by atoms with Crippen molar-refractivity contribution < 1.29 is 14.3 Å². The van der Waals surface area contributed by atoms with Gasteiger partial charge in [-0.25, -0.2) is 0 Å². The molecular weight excluding hydrogens is 438 g/mol. The molecule has 3 aromatic rings. The summed E-state index contributed by atoms with van der Waals surface area (Å²) in [4.78, 5) is 29.6. The largest absolute Gasteiger partial charge is 0.494 e. The smallest absolute Gasteiger partial charge is 0.271 e. The van der Waals surface area contributed by atoms with Crippen LogP contribution in [0.15, 0.2) is 66.7 Å². The van der Waals surface area contributed by atoms with Crippen molar-refractivity contribution in [2.24, 2.45) is 0 Å². The van der Waals surface area contributed by atoms with Crippen LogP contribution in [0.1, 0.15) is 55.6 Å². The Balaban J connectivity index is 1.56. The quantitative estimate of drug-likeness (QED) is 0.526.